The molecule has 2 amide bonds. The fourth-order valence-corrected chi connectivity index (χ4v) is 3.91. The highest BCUT2D eigenvalue weighted by Crippen LogP contribution is 2.24. The van der Waals surface area contributed by atoms with Gasteiger partial charge in [0.15, 0.2) is 0 Å². The molecule has 32 heavy (non-hydrogen) atoms. The molecule has 1 heterocycles. The molecule has 11 heteroatoms. The van der Waals surface area contributed by atoms with Crippen LogP contribution in [0.5, 0.6) is 0 Å². The van der Waals surface area contributed by atoms with Crippen LogP contribution in [-0.2, 0) is 17.1 Å². The number of thioether (sulfide) groups is 1. The summed E-state index contributed by atoms with van der Waals surface area (Å²) in [5.41, 5.74) is 6.41. The summed E-state index contributed by atoms with van der Waals surface area (Å²) >= 11 is 7.54. The fraction of sp³-hybridized carbons (Fsp3) is 0.190. The lowest BCUT2D eigenvalue weighted by Gasteiger charge is -2.09. The van der Waals surface area contributed by atoms with Gasteiger partial charge in [-0.1, -0.05) is 23.7 Å². The van der Waals surface area contributed by atoms with E-state index in [1.165, 1.54) is 18.5 Å². The summed E-state index contributed by atoms with van der Waals surface area (Å²) in [6.45, 7) is 2.75. The van der Waals surface area contributed by atoms with E-state index in [1.54, 1.807) is 23.9 Å². The SMILES string of the molecule is Cc1nn(CC(=O)NNC(=O)c2ccc(CSc3ccc(Cl)cc3)cc2)c(C)c1[N+](=O)[O-]. The molecule has 0 aliphatic heterocycles. The third-order valence-corrected chi connectivity index (χ3v) is 5.91. The van der Waals surface area contributed by atoms with Gasteiger partial charge in [-0.05, 0) is 55.8 Å². The number of aryl methyl sites for hydroxylation is 1. The van der Waals surface area contributed by atoms with Crippen molar-refractivity contribution in [2.24, 2.45) is 0 Å². The molecule has 0 fully saturated rings. The van der Waals surface area contributed by atoms with Gasteiger partial charge in [0.25, 0.3) is 11.8 Å². The third-order valence-electron chi connectivity index (χ3n) is 4.57. The van der Waals surface area contributed by atoms with Gasteiger partial charge in [0, 0.05) is 21.2 Å². The summed E-state index contributed by atoms with van der Waals surface area (Å²) in [6.07, 6.45) is 0. The topological polar surface area (TPSA) is 119 Å². The van der Waals surface area contributed by atoms with Crippen molar-refractivity contribution in [1.29, 1.82) is 0 Å². The van der Waals surface area contributed by atoms with Crippen molar-refractivity contribution in [3.63, 3.8) is 0 Å². The van der Waals surface area contributed by atoms with Gasteiger partial charge in [-0.3, -0.25) is 35.2 Å². The Morgan fingerprint density at radius 3 is 2.34 bits per heavy atom. The molecular formula is C21H20ClN5O4S. The standard InChI is InChI=1S/C21H20ClN5O4S/c1-13-20(27(30)31)14(2)26(25-13)11-19(28)23-24-21(29)16-5-3-15(4-6-16)12-32-18-9-7-17(22)8-10-18/h3-10H,11-12H2,1-2H3,(H,23,28)(H,24,29). The molecule has 166 valence electrons. The average Bonchev–Trinajstić information content (AvgIpc) is 3.04. The molecule has 9 nitrogen and oxygen atoms in total. The normalized spacial score (nSPS) is 10.6. The average molecular weight is 474 g/mol. The molecule has 3 aromatic rings. The van der Waals surface area contributed by atoms with Crippen molar-refractivity contribution in [3.8, 4) is 0 Å². The Morgan fingerprint density at radius 2 is 1.75 bits per heavy atom. The fourth-order valence-electron chi connectivity index (χ4n) is 2.93. The number of amides is 2. The first-order valence-electron chi connectivity index (χ1n) is 9.49. The van der Waals surface area contributed by atoms with E-state index in [-0.39, 0.29) is 23.6 Å². The third kappa shape index (κ3) is 5.86. The first-order chi connectivity index (χ1) is 15.2. The number of hydrogen-bond acceptors (Lipinski definition) is 6. The van der Waals surface area contributed by atoms with Crippen molar-refractivity contribution in [2.75, 3.05) is 0 Å². The van der Waals surface area contributed by atoms with Crippen LogP contribution < -0.4 is 10.9 Å². The monoisotopic (exact) mass is 473 g/mol. The number of benzene rings is 2. The van der Waals surface area contributed by atoms with Crippen molar-refractivity contribution in [1.82, 2.24) is 20.6 Å². The van der Waals surface area contributed by atoms with Gasteiger partial charge >= 0.3 is 5.69 Å². The van der Waals surface area contributed by atoms with Gasteiger partial charge in [-0.15, -0.1) is 11.8 Å². The highest BCUT2D eigenvalue weighted by molar-refractivity contribution is 7.98. The maximum atomic E-state index is 12.3. The van der Waals surface area contributed by atoms with E-state index in [0.29, 0.717) is 10.6 Å². The summed E-state index contributed by atoms with van der Waals surface area (Å²) < 4.78 is 1.22. The van der Waals surface area contributed by atoms with E-state index in [9.17, 15) is 19.7 Å². The van der Waals surface area contributed by atoms with Gasteiger partial charge in [0.2, 0.25) is 0 Å². The molecule has 1 aromatic heterocycles. The van der Waals surface area contributed by atoms with Gasteiger partial charge in [0.05, 0.1) is 4.92 Å². The summed E-state index contributed by atoms with van der Waals surface area (Å²) in [6, 6.07) is 14.6. The Kier molecular flexibility index (Phi) is 7.49. The number of nitrogens with zero attached hydrogens (tertiary/aromatic N) is 3. The van der Waals surface area contributed by atoms with Crippen LogP contribution in [0.2, 0.25) is 5.02 Å². The van der Waals surface area contributed by atoms with Crippen LogP contribution in [0, 0.1) is 24.0 Å². The van der Waals surface area contributed by atoms with Crippen LogP contribution in [0.1, 0.15) is 27.3 Å². The number of halogens is 1. The Morgan fingerprint density at radius 1 is 1.09 bits per heavy atom. The van der Waals surface area contributed by atoms with Crippen molar-refractivity contribution in [3.05, 3.63) is 86.2 Å². The largest absolute Gasteiger partial charge is 0.312 e. The molecule has 0 aliphatic rings. The minimum absolute atomic E-state index is 0.129. The summed E-state index contributed by atoms with van der Waals surface area (Å²) in [5, 5.41) is 15.7. The molecule has 2 N–H and O–H groups in total. The Balaban J connectivity index is 1.50. The van der Waals surface area contributed by atoms with Crippen LogP contribution in [-0.4, -0.2) is 26.5 Å². The second kappa shape index (κ2) is 10.3. The minimum Gasteiger partial charge on any atom is -0.271 e. The highest BCUT2D eigenvalue weighted by atomic mass is 35.5. The molecule has 0 saturated heterocycles. The molecule has 0 radical (unpaired) electrons. The van der Waals surface area contributed by atoms with Gasteiger partial charge in [-0.2, -0.15) is 5.10 Å². The molecule has 3 rings (SSSR count). The lowest BCUT2D eigenvalue weighted by molar-refractivity contribution is -0.386. The number of carbonyl (C=O) groups excluding carboxylic acids is 2. The first-order valence-corrected chi connectivity index (χ1v) is 10.9. The van der Waals surface area contributed by atoms with Crippen LogP contribution >= 0.6 is 23.4 Å². The maximum Gasteiger partial charge on any atom is 0.312 e. The Bertz CT molecular complexity index is 1150. The molecule has 0 atom stereocenters. The highest BCUT2D eigenvalue weighted by Gasteiger charge is 2.22. The number of nitrogens with one attached hydrogen (secondary N) is 2. The zero-order valence-electron chi connectivity index (χ0n) is 17.3. The number of hydrazine groups is 1. The van der Waals surface area contributed by atoms with E-state index >= 15 is 0 Å². The Hall–Kier alpha value is -3.37. The lowest BCUT2D eigenvalue weighted by atomic mass is 10.1. The predicted molar refractivity (Wildman–Crippen MR) is 121 cm³/mol. The molecule has 0 spiro atoms. The zero-order valence-corrected chi connectivity index (χ0v) is 18.9. The van der Waals surface area contributed by atoms with Gasteiger partial charge in [0.1, 0.15) is 17.9 Å². The van der Waals surface area contributed by atoms with Gasteiger partial charge < -0.3 is 0 Å². The second-order valence-corrected chi connectivity index (χ2v) is 8.36. The summed E-state index contributed by atoms with van der Waals surface area (Å²) in [4.78, 5) is 36.0. The smallest absolute Gasteiger partial charge is 0.271 e. The second-order valence-electron chi connectivity index (χ2n) is 6.88. The molecule has 0 aliphatic carbocycles. The van der Waals surface area contributed by atoms with Crippen molar-refractivity contribution >= 4 is 40.9 Å². The summed E-state index contributed by atoms with van der Waals surface area (Å²) in [7, 11) is 0. The van der Waals surface area contributed by atoms with E-state index in [0.717, 1.165) is 16.2 Å². The Labute approximate surface area is 193 Å². The minimum atomic E-state index is -0.560. The number of hydrogen-bond donors (Lipinski definition) is 2. The van der Waals surface area contributed by atoms with Crippen molar-refractivity contribution in [2.45, 2.75) is 31.0 Å². The molecule has 0 unspecified atom stereocenters. The zero-order chi connectivity index (χ0) is 23.3. The molecular weight excluding hydrogens is 454 g/mol. The number of nitro groups is 1. The predicted octanol–water partition coefficient (Wildman–Crippen LogP) is 3.82. The van der Waals surface area contributed by atoms with E-state index in [4.69, 9.17) is 11.6 Å². The quantitative estimate of drug-likeness (QED) is 0.306. The van der Waals surface area contributed by atoms with Crippen LogP contribution in [0.3, 0.4) is 0 Å². The maximum absolute atomic E-state index is 12.3. The van der Waals surface area contributed by atoms with E-state index in [1.807, 2.05) is 36.4 Å². The van der Waals surface area contributed by atoms with E-state index < -0.39 is 16.7 Å². The van der Waals surface area contributed by atoms with Crippen LogP contribution in [0.4, 0.5) is 5.69 Å². The van der Waals surface area contributed by atoms with Crippen molar-refractivity contribution < 1.29 is 14.5 Å². The molecule has 0 saturated carbocycles. The first kappa shape index (κ1) is 23.3. The van der Waals surface area contributed by atoms with Gasteiger partial charge in [-0.25, -0.2) is 0 Å². The van der Waals surface area contributed by atoms with Crippen LogP contribution in [0.25, 0.3) is 0 Å². The lowest BCUT2D eigenvalue weighted by Crippen LogP contribution is -2.43. The number of aromatic nitrogens is 2. The van der Waals surface area contributed by atoms with Crippen LogP contribution in [0.15, 0.2) is 53.4 Å². The summed E-state index contributed by atoms with van der Waals surface area (Å²) in [5.74, 6) is -0.306. The number of rotatable bonds is 7. The van der Waals surface area contributed by atoms with E-state index in [2.05, 4.69) is 16.0 Å². The molecule has 0 bridgehead atoms. The number of carbonyl (C=O) groups is 2. The molecule has 2 aromatic carbocycles.